The van der Waals surface area contributed by atoms with E-state index in [-0.39, 0.29) is 31.5 Å². The highest BCUT2D eigenvalue weighted by molar-refractivity contribution is 6.35. The second kappa shape index (κ2) is 15.0. The van der Waals surface area contributed by atoms with Crippen molar-refractivity contribution in [2.75, 3.05) is 13.2 Å². The van der Waals surface area contributed by atoms with E-state index in [2.05, 4.69) is 21.8 Å². The van der Waals surface area contributed by atoms with E-state index in [1.165, 1.54) is 6.21 Å². The molecule has 0 spiro atoms. The SMILES string of the molecule is C#CCOc1ccc2ccccc2c1/C=N\NC(=O)[C@H](CC(C)C)NC(=O)CCCOc1ccc(Cl)cc1Cl. The molecular formula is C30H31Cl2N3O4. The van der Waals surface area contributed by atoms with Gasteiger partial charge >= 0.3 is 0 Å². The Morgan fingerprint density at radius 1 is 1.08 bits per heavy atom. The quantitative estimate of drug-likeness (QED) is 0.115. The number of halogens is 2. The third-order valence-electron chi connectivity index (χ3n) is 5.67. The van der Waals surface area contributed by atoms with Crippen LogP contribution in [0.1, 0.15) is 38.7 Å². The summed E-state index contributed by atoms with van der Waals surface area (Å²) in [6, 6.07) is 15.7. The number of amides is 2. The van der Waals surface area contributed by atoms with E-state index in [4.69, 9.17) is 39.1 Å². The molecule has 3 aromatic carbocycles. The number of rotatable bonds is 13. The molecule has 0 unspecified atom stereocenters. The predicted octanol–water partition coefficient (Wildman–Crippen LogP) is 6.00. The Kier molecular flexibility index (Phi) is 11.5. The second-order valence-corrected chi connectivity index (χ2v) is 10.0. The molecule has 0 aliphatic heterocycles. The van der Waals surface area contributed by atoms with Crippen molar-refractivity contribution in [3.63, 3.8) is 0 Å². The van der Waals surface area contributed by atoms with Gasteiger partial charge in [0.1, 0.15) is 24.1 Å². The summed E-state index contributed by atoms with van der Waals surface area (Å²) in [6.45, 7) is 4.34. The number of nitrogens with one attached hydrogen (secondary N) is 2. The maximum atomic E-state index is 13.0. The van der Waals surface area contributed by atoms with Gasteiger partial charge in [-0.2, -0.15) is 5.10 Å². The molecule has 0 radical (unpaired) electrons. The highest BCUT2D eigenvalue weighted by atomic mass is 35.5. The summed E-state index contributed by atoms with van der Waals surface area (Å²) >= 11 is 12.0. The summed E-state index contributed by atoms with van der Waals surface area (Å²) in [5.74, 6) is 3.00. The third-order valence-corrected chi connectivity index (χ3v) is 6.20. The first-order valence-electron chi connectivity index (χ1n) is 12.6. The zero-order chi connectivity index (χ0) is 28.2. The fraction of sp³-hybridized carbons (Fsp3) is 0.300. The van der Waals surface area contributed by atoms with Crippen molar-refractivity contribution >= 4 is 52.0 Å². The van der Waals surface area contributed by atoms with Crippen LogP contribution in [0.25, 0.3) is 10.8 Å². The number of nitrogens with zero attached hydrogens (tertiary/aromatic N) is 1. The molecule has 1 atom stereocenters. The number of fused-ring (bicyclic) bond motifs is 1. The maximum absolute atomic E-state index is 13.0. The standard InChI is InChI=1S/C30H31Cl2N3O4/c1-4-15-38-27-13-11-21-8-5-6-9-23(21)24(27)19-33-35-30(37)26(17-20(2)3)34-29(36)10-7-16-39-28-14-12-22(31)18-25(28)32/h1,5-6,8-9,11-14,18-20,26H,7,10,15-17H2,2-3H3,(H,34,36)(H,35,37)/b33-19-/t26-/m0/s1. The first-order chi connectivity index (χ1) is 18.8. The zero-order valence-corrected chi connectivity index (χ0v) is 23.4. The molecule has 0 bridgehead atoms. The molecule has 2 N–H and O–H groups in total. The van der Waals surface area contributed by atoms with Crippen molar-refractivity contribution in [3.8, 4) is 23.8 Å². The van der Waals surface area contributed by atoms with Gasteiger partial charge in [0.25, 0.3) is 5.91 Å². The zero-order valence-electron chi connectivity index (χ0n) is 21.9. The normalized spacial score (nSPS) is 11.8. The van der Waals surface area contributed by atoms with Crippen molar-refractivity contribution in [1.29, 1.82) is 0 Å². The van der Waals surface area contributed by atoms with Gasteiger partial charge in [-0.25, -0.2) is 5.43 Å². The van der Waals surface area contributed by atoms with E-state index in [1.54, 1.807) is 18.2 Å². The largest absolute Gasteiger partial charge is 0.492 e. The minimum atomic E-state index is -0.744. The summed E-state index contributed by atoms with van der Waals surface area (Å²) in [7, 11) is 0. The smallest absolute Gasteiger partial charge is 0.262 e. The maximum Gasteiger partial charge on any atom is 0.262 e. The Bertz CT molecular complexity index is 1370. The van der Waals surface area contributed by atoms with Crippen LogP contribution in [0.2, 0.25) is 10.0 Å². The summed E-state index contributed by atoms with van der Waals surface area (Å²) in [5.41, 5.74) is 3.25. The molecule has 0 aliphatic carbocycles. The average Bonchev–Trinajstić information content (AvgIpc) is 2.90. The number of hydrazone groups is 1. The van der Waals surface area contributed by atoms with Gasteiger partial charge in [-0.1, -0.05) is 73.3 Å². The fourth-order valence-corrected chi connectivity index (χ4v) is 4.33. The van der Waals surface area contributed by atoms with Gasteiger partial charge in [-0.05, 0) is 53.8 Å². The Labute approximate surface area is 238 Å². The van der Waals surface area contributed by atoms with Crippen molar-refractivity contribution in [3.05, 3.63) is 70.2 Å². The molecule has 0 saturated heterocycles. The van der Waals surface area contributed by atoms with E-state index in [1.807, 2.05) is 50.2 Å². The van der Waals surface area contributed by atoms with E-state index in [0.717, 1.165) is 10.8 Å². The number of terminal acetylenes is 1. The average molecular weight is 569 g/mol. The molecule has 0 heterocycles. The number of hydrogen-bond acceptors (Lipinski definition) is 5. The predicted molar refractivity (Wildman–Crippen MR) is 157 cm³/mol. The lowest BCUT2D eigenvalue weighted by atomic mass is 10.0. The van der Waals surface area contributed by atoms with Gasteiger partial charge in [0, 0.05) is 17.0 Å². The van der Waals surface area contributed by atoms with Gasteiger partial charge in [-0.15, -0.1) is 6.42 Å². The van der Waals surface area contributed by atoms with Gasteiger partial charge in [-0.3, -0.25) is 9.59 Å². The van der Waals surface area contributed by atoms with E-state index in [0.29, 0.717) is 39.9 Å². The van der Waals surface area contributed by atoms with Gasteiger partial charge in [0.05, 0.1) is 17.8 Å². The third kappa shape index (κ3) is 9.20. The van der Waals surface area contributed by atoms with Crippen molar-refractivity contribution < 1.29 is 19.1 Å². The molecule has 9 heteroatoms. The van der Waals surface area contributed by atoms with Crippen molar-refractivity contribution in [2.45, 2.75) is 39.2 Å². The van der Waals surface area contributed by atoms with Crippen LogP contribution in [0.3, 0.4) is 0 Å². The van der Waals surface area contributed by atoms with Crippen molar-refractivity contribution in [1.82, 2.24) is 10.7 Å². The van der Waals surface area contributed by atoms with E-state index >= 15 is 0 Å². The number of ether oxygens (including phenoxy) is 2. The summed E-state index contributed by atoms with van der Waals surface area (Å²) in [6.07, 6.45) is 7.96. The number of carbonyl (C=O) groups is 2. The minimum absolute atomic E-state index is 0.103. The molecule has 0 saturated carbocycles. The van der Waals surface area contributed by atoms with Crippen LogP contribution in [0.15, 0.2) is 59.7 Å². The molecule has 3 aromatic rings. The lowest BCUT2D eigenvalue weighted by molar-refractivity contribution is -0.129. The molecular weight excluding hydrogens is 537 g/mol. The lowest BCUT2D eigenvalue weighted by Crippen LogP contribution is -2.46. The number of benzene rings is 3. The molecule has 2 amide bonds. The molecule has 204 valence electrons. The van der Waals surface area contributed by atoms with Crippen LogP contribution in [-0.2, 0) is 9.59 Å². The minimum Gasteiger partial charge on any atom is -0.492 e. The molecule has 0 aliphatic rings. The Balaban J connectivity index is 1.59. The second-order valence-electron chi connectivity index (χ2n) is 9.20. The van der Waals surface area contributed by atoms with Crippen LogP contribution in [0.5, 0.6) is 11.5 Å². The first kappa shape index (κ1) is 29.8. The summed E-state index contributed by atoms with van der Waals surface area (Å²) in [5, 5.41) is 9.79. The van der Waals surface area contributed by atoms with E-state index < -0.39 is 11.9 Å². The topological polar surface area (TPSA) is 89.0 Å². The van der Waals surface area contributed by atoms with Crippen LogP contribution < -0.4 is 20.2 Å². The van der Waals surface area contributed by atoms with Gasteiger partial charge in [0.15, 0.2) is 0 Å². The molecule has 39 heavy (non-hydrogen) atoms. The Morgan fingerprint density at radius 3 is 2.59 bits per heavy atom. The lowest BCUT2D eigenvalue weighted by Gasteiger charge is -2.19. The van der Waals surface area contributed by atoms with Gasteiger partial charge < -0.3 is 14.8 Å². The number of carbonyl (C=O) groups excluding carboxylic acids is 2. The molecule has 0 aromatic heterocycles. The van der Waals surface area contributed by atoms with Crippen LogP contribution >= 0.6 is 23.2 Å². The Hall–Kier alpha value is -3.73. The first-order valence-corrected chi connectivity index (χ1v) is 13.3. The molecule has 3 rings (SSSR count). The monoisotopic (exact) mass is 567 g/mol. The summed E-state index contributed by atoms with van der Waals surface area (Å²) < 4.78 is 11.3. The molecule has 7 nitrogen and oxygen atoms in total. The highest BCUT2D eigenvalue weighted by Crippen LogP contribution is 2.28. The Morgan fingerprint density at radius 2 is 1.85 bits per heavy atom. The molecule has 0 fully saturated rings. The van der Waals surface area contributed by atoms with Crippen LogP contribution in [0.4, 0.5) is 0 Å². The van der Waals surface area contributed by atoms with Gasteiger partial charge in [0.2, 0.25) is 5.91 Å². The van der Waals surface area contributed by atoms with Crippen molar-refractivity contribution in [2.24, 2.45) is 11.0 Å². The van der Waals surface area contributed by atoms with Crippen LogP contribution in [0, 0.1) is 18.3 Å². The number of hydrogen-bond donors (Lipinski definition) is 2. The van der Waals surface area contributed by atoms with Crippen LogP contribution in [-0.4, -0.2) is 37.3 Å². The van der Waals surface area contributed by atoms with E-state index in [9.17, 15) is 9.59 Å². The highest BCUT2D eigenvalue weighted by Gasteiger charge is 2.21. The summed E-state index contributed by atoms with van der Waals surface area (Å²) in [4.78, 5) is 25.5. The fourth-order valence-electron chi connectivity index (χ4n) is 3.87.